The zero-order valence-corrected chi connectivity index (χ0v) is 15.2. The van der Waals surface area contributed by atoms with Gasteiger partial charge in [0.25, 0.3) is 5.91 Å². The molecule has 1 aromatic carbocycles. The highest BCUT2D eigenvalue weighted by molar-refractivity contribution is 5.92. The molecule has 1 fully saturated rings. The molecule has 0 N–H and O–H groups in total. The van der Waals surface area contributed by atoms with Gasteiger partial charge < -0.3 is 14.7 Å². The summed E-state index contributed by atoms with van der Waals surface area (Å²) in [7, 11) is 0. The molecular formula is C19H24FN5O. The summed E-state index contributed by atoms with van der Waals surface area (Å²) >= 11 is 0. The maximum absolute atomic E-state index is 13.9. The highest BCUT2D eigenvalue weighted by Crippen LogP contribution is 2.20. The van der Waals surface area contributed by atoms with Gasteiger partial charge in [0.2, 0.25) is 0 Å². The lowest BCUT2D eigenvalue weighted by atomic mass is 10.2. The summed E-state index contributed by atoms with van der Waals surface area (Å²) in [6.07, 6.45) is 0. The maximum atomic E-state index is 13.9. The van der Waals surface area contributed by atoms with E-state index in [1.54, 1.807) is 23.1 Å². The number of hydrogen-bond donors (Lipinski definition) is 0. The van der Waals surface area contributed by atoms with E-state index >= 15 is 0 Å². The third-order valence-electron chi connectivity index (χ3n) is 4.72. The van der Waals surface area contributed by atoms with Gasteiger partial charge in [-0.25, -0.2) is 4.39 Å². The van der Waals surface area contributed by atoms with Crippen molar-refractivity contribution >= 4 is 17.4 Å². The lowest BCUT2D eigenvalue weighted by Crippen LogP contribution is -2.49. The van der Waals surface area contributed by atoms with Crippen molar-refractivity contribution in [2.75, 3.05) is 49.1 Å². The van der Waals surface area contributed by atoms with Gasteiger partial charge in [-0.2, -0.15) is 0 Å². The average Bonchev–Trinajstić information content (AvgIpc) is 2.69. The van der Waals surface area contributed by atoms with Crippen molar-refractivity contribution in [2.24, 2.45) is 0 Å². The number of carbonyl (C=O) groups is 1. The molecule has 3 rings (SSSR count). The monoisotopic (exact) mass is 357 g/mol. The van der Waals surface area contributed by atoms with Gasteiger partial charge >= 0.3 is 0 Å². The van der Waals surface area contributed by atoms with E-state index in [1.807, 2.05) is 17.0 Å². The first-order chi connectivity index (χ1) is 12.6. The Balaban J connectivity index is 1.62. The first kappa shape index (κ1) is 18.1. The molecule has 1 amide bonds. The predicted molar refractivity (Wildman–Crippen MR) is 100 cm³/mol. The molecule has 26 heavy (non-hydrogen) atoms. The van der Waals surface area contributed by atoms with E-state index in [1.165, 1.54) is 6.07 Å². The van der Waals surface area contributed by atoms with Crippen LogP contribution in [0.4, 0.5) is 15.9 Å². The Bertz CT molecular complexity index is 740. The van der Waals surface area contributed by atoms with Crippen LogP contribution in [0.15, 0.2) is 36.4 Å². The molecule has 1 aromatic heterocycles. The van der Waals surface area contributed by atoms with Gasteiger partial charge in [0, 0.05) is 39.3 Å². The smallest absolute Gasteiger partial charge is 0.274 e. The fourth-order valence-electron chi connectivity index (χ4n) is 3.18. The number of para-hydroxylation sites is 1. The number of amides is 1. The first-order valence-electron chi connectivity index (χ1n) is 9.01. The molecule has 1 aliphatic heterocycles. The fraction of sp³-hybridized carbons (Fsp3) is 0.421. The Kier molecular flexibility index (Phi) is 5.65. The summed E-state index contributed by atoms with van der Waals surface area (Å²) in [6, 6.07) is 10.3. The number of anilines is 2. The van der Waals surface area contributed by atoms with Crippen LogP contribution >= 0.6 is 0 Å². The van der Waals surface area contributed by atoms with Crippen molar-refractivity contribution in [2.45, 2.75) is 13.8 Å². The van der Waals surface area contributed by atoms with Crippen molar-refractivity contribution in [3.05, 3.63) is 47.9 Å². The molecule has 0 saturated carbocycles. The van der Waals surface area contributed by atoms with Gasteiger partial charge in [-0.1, -0.05) is 12.1 Å². The minimum Gasteiger partial charge on any atom is -0.366 e. The van der Waals surface area contributed by atoms with Crippen molar-refractivity contribution < 1.29 is 9.18 Å². The number of carbonyl (C=O) groups excluding carboxylic acids is 1. The molecule has 0 bridgehead atoms. The molecule has 6 nitrogen and oxygen atoms in total. The molecule has 0 spiro atoms. The number of piperazine rings is 1. The van der Waals surface area contributed by atoms with E-state index in [9.17, 15) is 9.18 Å². The summed E-state index contributed by atoms with van der Waals surface area (Å²) in [6.45, 7) is 8.06. The zero-order valence-electron chi connectivity index (χ0n) is 15.2. The molecule has 0 atom stereocenters. The lowest BCUT2D eigenvalue weighted by molar-refractivity contribution is 0.0739. The predicted octanol–water partition coefficient (Wildman–Crippen LogP) is 2.42. The van der Waals surface area contributed by atoms with Gasteiger partial charge in [0.15, 0.2) is 11.5 Å². The molecular weight excluding hydrogens is 333 g/mol. The highest BCUT2D eigenvalue weighted by atomic mass is 19.1. The second kappa shape index (κ2) is 8.12. The summed E-state index contributed by atoms with van der Waals surface area (Å²) in [5.74, 6) is 0.415. The Morgan fingerprint density at radius 2 is 1.73 bits per heavy atom. The van der Waals surface area contributed by atoms with Crippen LogP contribution in [0.5, 0.6) is 0 Å². The van der Waals surface area contributed by atoms with E-state index in [0.717, 1.165) is 18.9 Å². The van der Waals surface area contributed by atoms with E-state index in [-0.39, 0.29) is 11.7 Å². The minimum atomic E-state index is -0.231. The van der Waals surface area contributed by atoms with Crippen LogP contribution < -0.4 is 9.80 Å². The summed E-state index contributed by atoms with van der Waals surface area (Å²) in [5.41, 5.74) is 0.934. The average molecular weight is 357 g/mol. The molecule has 0 radical (unpaired) electrons. The van der Waals surface area contributed by atoms with Crippen LogP contribution in [0, 0.1) is 5.82 Å². The van der Waals surface area contributed by atoms with Crippen LogP contribution in [0.1, 0.15) is 24.3 Å². The summed E-state index contributed by atoms with van der Waals surface area (Å²) in [5, 5.41) is 8.28. The van der Waals surface area contributed by atoms with Crippen molar-refractivity contribution in [3.8, 4) is 0 Å². The maximum Gasteiger partial charge on any atom is 0.274 e. The number of hydrogen-bond acceptors (Lipinski definition) is 5. The van der Waals surface area contributed by atoms with Crippen LogP contribution in [0.25, 0.3) is 0 Å². The number of rotatable bonds is 5. The van der Waals surface area contributed by atoms with Crippen molar-refractivity contribution in [3.63, 3.8) is 0 Å². The van der Waals surface area contributed by atoms with Gasteiger partial charge in [-0.15, -0.1) is 10.2 Å². The second-order valence-corrected chi connectivity index (χ2v) is 6.18. The Morgan fingerprint density at radius 1 is 1.04 bits per heavy atom. The van der Waals surface area contributed by atoms with Crippen molar-refractivity contribution in [1.29, 1.82) is 0 Å². The van der Waals surface area contributed by atoms with Crippen LogP contribution in [-0.4, -0.2) is 60.3 Å². The Morgan fingerprint density at radius 3 is 2.31 bits per heavy atom. The Labute approximate surface area is 153 Å². The van der Waals surface area contributed by atoms with Gasteiger partial charge in [0.05, 0.1) is 5.69 Å². The minimum absolute atomic E-state index is 0.128. The summed E-state index contributed by atoms with van der Waals surface area (Å²) in [4.78, 5) is 18.4. The number of aromatic nitrogens is 2. The fourth-order valence-corrected chi connectivity index (χ4v) is 3.18. The van der Waals surface area contributed by atoms with Gasteiger partial charge in [0.1, 0.15) is 5.82 Å². The SMILES string of the molecule is CCN(CC)c1ccc(C(=O)N2CCN(c3ccccc3F)CC2)nn1. The van der Waals surface area contributed by atoms with Gasteiger partial charge in [-0.05, 0) is 38.1 Å². The third-order valence-corrected chi connectivity index (χ3v) is 4.72. The molecule has 1 aliphatic rings. The molecule has 1 saturated heterocycles. The van der Waals surface area contributed by atoms with Crippen LogP contribution in [0.2, 0.25) is 0 Å². The first-order valence-corrected chi connectivity index (χ1v) is 9.01. The summed E-state index contributed by atoms with van der Waals surface area (Å²) < 4.78 is 13.9. The standard InChI is InChI=1S/C19H24FN5O/c1-3-23(4-2)18-10-9-16(21-22-18)19(26)25-13-11-24(12-14-25)17-8-6-5-7-15(17)20/h5-10H,3-4,11-14H2,1-2H3. The normalized spacial score (nSPS) is 14.4. The van der Waals surface area contributed by atoms with Crippen molar-refractivity contribution in [1.82, 2.24) is 15.1 Å². The number of benzene rings is 1. The Hall–Kier alpha value is -2.70. The number of halogens is 1. The third kappa shape index (κ3) is 3.76. The van der Waals surface area contributed by atoms with E-state index in [2.05, 4.69) is 28.9 Å². The topological polar surface area (TPSA) is 52.6 Å². The van der Waals surface area contributed by atoms with Gasteiger partial charge in [-0.3, -0.25) is 4.79 Å². The quantitative estimate of drug-likeness (QED) is 0.823. The molecule has 2 aromatic rings. The zero-order chi connectivity index (χ0) is 18.5. The van der Waals surface area contributed by atoms with Crippen LogP contribution in [0.3, 0.4) is 0 Å². The highest BCUT2D eigenvalue weighted by Gasteiger charge is 2.24. The van der Waals surface area contributed by atoms with E-state index in [0.29, 0.717) is 37.6 Å². The number of nitrogens with zero attached hydrogens (tertiary/aromatic N) is 5. The molecule has 7 heteroatoms. The second-order valence-electron chi connectivity index (χ2n) is 6.18. The molecule has 0 aliphatic carbocycles. The van der Waals surface area contributed by atoms with E-state index < -0.39 is 0 Å². The van der Waals surface area contributed by atoms with Crippen LogP contribution in [-0.2, 0) is 0 Å². The largest absolute Gasteiger partial charge is 0.366 e. The molecule has 2 heterocycles. The lowest BCUT2D eigenvalue weighted by Gasteiger charge is -2.36. The molecule has 0 unspecified atom stereocenters. The van der Waals surface area contributed by atoms with E-state index in [4.69, 9.17) is 0 Å². The molecule has 138 valence electrons.